The van der Waals surface area contributed by atoms with E-state index in [4.69, 9.17) is 4.74 Å². The summed E-state index contributed by atoms with van der Waals surface area (Å²) in [6, 6.07) is 0. The highest BCUT2D eigenvalue weighted by Crippen LogP contribution is 2.33. The number of nitrogens with one attached hydrogen (secondary N) is 2. The summed E-state index contributed by atoms with van der Waals surface area (Å²) in [5.74, 6) is 0.140. The van der Waals surface area contributed by atoms with E-state index in [1.807, 2.05) is 0 Å². The number of hydrogen-bond acceptors (Lipinski definition) is 8. The highest BCUT2D eigenvalue weighted by molar-refractivity contribution is 9.10. The summed E-state index contributed by atoms with van der Waals surface area (Å²) in [5.41, 5.74) is 2.60. The molecule has 0 aromatic carbocycles. The lowest BCUT2D eigenvalue weighted by Gasteiger charge is -2.14. The number of rotatable bonds is 5. The van der Waals surface area contributed by atoms with Crippen LogP contribution in [0.15, 0.2) is 14.6 Å². The van der Waals surface area contributed by atoms with Crippen molar-refractivity contribution in [2.75, 3.05) is 26.1 Å². The molecule has 1 aliphatic heterocycles. The minimum Gasteiger partial charge on any atom is -0.394 e. The molecule has 2 aromatic rings. The number of nitrogens with zero attached hydrogens (tertiary/aromatic N) is 5. The first-order chi connectivity index (χ1) is 11.9. The van der Waals surface area contributed by atoms with Gasteiger partial charge in [-0.1, -0.05) is 0 Å². The van der Waals surface area contributed by atoms with Crippen molar-refractivity contribution in [3.8, 4) is 0 Å². The molecule has 0 bridgehead atoms. The van der Waals surface area contributed by atoms with Crippen molar-refractivity contribution in [1.29, 1.82) is 0 Å². The topological polar surface area (TPSA) is 141 Å². The minimum atomic E-state index is -0.816. The largest absolute Gasteiger partial charge is 0.394 e. The number of imidazole rings is 1. The number of aromatic amines is 1. The van der Waals surface area contributed by atoms with Crippen LogP contribution in [0.1, 0.15) is 12.6 Å². The van der Waals surface area contributed by atoms with Crippen LogP contribution in [0, 0.1) is 0 Å². The summed E-state index contributed by atoms with van der Waals surface area (Å²) < 4.78 is 7.53. The van der Waals surface area contributed by atoms with Gasteiger partial charge in [0.15, 0.2) is 15.9 Å². The van der Waals surface area contributed by atoms with Gasteiger partial charge in [-0.15, -0.1) is 0 Å². The zero-order valence-electron chi connectivity index (χ0n) is 13.5. The Bertz CT molecular complexity index is 849. The number of anilines is 1. The van der Waals surface area contributed by atoms with E-state index in [0.29, 0.717) is 4.73 Å². The summed E-state index contributed by atoms with van der Waals surface area (Å²) in [4.78, 5) is 25.0. The van der Waals surface area contributed by atoms with Gasteiger partial charge in [0.2, 0.25) is 5.95 Å². The van der Waals surface area contributed by atoms with E-state index in [2.05, 4.69) is 41.4 Å². The number of aliphatic hydroxyl groups is 2. The maximum atomic E-state index is 12.2. The molecule has 0 radical (unpaired) electrons. The standard InChI is InChI=1S/C13H18BrN7O4/c1-20(2)5-15-19-13-17-10-9(11(24)18-13)16-12(14)21(10)8-3-6(23)7(4-22)25-8/h5-8,22-23H,3-4H2,1-2H3,(H2,17,18,19,24)/b15-5+/t6-,7+,8+/m0/s1. The van der Waals surface area contributed by atoms with Gasteiger partial charge < -0.3 is 19.8 Å². The summed E-state index contributed by atoms with van der Waals surface area (Å²) in [6.45, 7) is -0.304. The SMILES string of the molecule is CN(C)/C=N/Nc1nc2c(nc(Br)n2[C@H]2C[C@H](O)[C@@H](CO)O2)c(=O)[nH]1. The Balaban J connectivity index is 2.00. The molecule has 12 heteroatoms. The fraction of sp³-hybridized carbons (Fsp3) is 0.538. The molecule has 2 aromatic heterocycles. The van der Waals surface area contributed by atoms with Crippen molar-refractivity contribution in [2.24, 2.45) is 5.10 Å². The van der Waals surface area contributed by atoms with Crippen LogP contribution in [0.25, 0.3) is 11.2 Å². The van der Waals surface area contributed by atoms with Gasteiger partial charge in [0.1, 0.15) is 18.7 Å². The minimum absolute atomic E-state index is 0.125. The van der Waals surface area contributed by atoms with E-state index < -0.39 is 24.0 Å². The van der Waals surface area contributed by atoms with E-state index >= 15 is 0 Å². The third-order valence-corrected chi connectivity index (χ3v) is 4.20. The molecule has 1 saturated heterocycles. The van der Waals surface area contributed by atoms with Gasteiger partial charge in [-0.3, -0.25) is 14.3 Å². The number of hydrazone groups is 1. The first-order valence-corrected chi connectivity index (χ1v) is 8.27. The Labute approximate surface area is 150 Å². The monoisotopic (exact) mass is 415 g/mol. The Morgan fingerprint density at radius 1 is 1.56 bits per heavy atom. The quantitative estimate of drug-likeness (QED) is 0.220. The molecule has 0 unspecified atom stereocenters. The van der Waals surface area contributed by atoms with Gasteiger partial charge in [0.25, 0.3) is 5.56 Å². The molecule has 0 amide bonds. The molecule has 0 aliphatic carbocycles. The number of hydrogen-bond donors (Lipinski definition) is 4. The number of H-pyrrole nitrogens is 1. The van der Waals surface area contributed by atoms with Crippen molar-refractivity contribution in [3.63, 3.8) is 0 Å². The van der Waals surface area contributed by atoms with E-state index in [9.17, 15) is 15.0 Å². The molecule has 0 spiro atoms. The van der Waals surface area contributed by atoms with Gasteiger partial charge in [-0.25, -0.2) is 10.4 Å². The third kappa shape index (κ3) is 3.51. The van der Waals surface area contributed by atoms with Crippen molar-refractivity contribution < 1.29 is 14.9 Å². The van der Waals surface area contributed by atoms with Crippen LogP contribution in [0.2, 0.25) is 0 Å². The Morgan fingerprint density at radius 2 is 2.32 bits per heavy atom. The Kier molecular flexibility index (Phi) is 5.03. The zero-order chi connectivity index (χ0) is 18.1. The second-order valence-corrected chi connectivity index (χ2v) is 6.48. The van der Waals surface area contributed by atoms with Gasteiger partial charge in [0.05, 0.1) is 12.7 Å². The number of fused-ring (bicyclic) bond motifs is 1. The average molecular weight is 416 g/mol. The lowest BCUT2D eigenvalue weighted by atomic mass is 10.2. The van der Waals surface area contributed by atoms with Crippen LogP contribution in [-0.4, -0.2) is 73.9 Å². The maximum absolute atomic E-state index is 12.2. The first kappa shape index (κ1) is 17.8. The molecule has 25 heavy (non-hydrogen) atoms. The number of ether oxygens (including phenoxy) is 1. The zero-order valence-corrected chi connectivity index (χ0v) is 15.1. The van der Waals surface area contributed by atoms with Crippen LogP contribution < -0.4 is 11.0 Å². The molecule has 1 aliphatic rings. The normalized spacial score (nSPS) is 23.6. The van der Waals surface area contributed by atoms with Crippen LogP contribution in [-0.2, 0) is 4.74 Å². The molecular weight excluding hydrogens is 398 g/mol. The van der Waals surface area contributed by atoms with E-state index in [-0.39, 0.29) is 30.1 Å². The Hall–Kier alpha value is -2.02. The van der Waals surface area contributed by atoms with Crippen molar-refractivity contribution in [3.05, 3.63) is 15.1 Å². The van der Waals surface area contributed by atoms with Gasteiger partial charge in [-0.2, -0.15) is 10.1 Å². The van der Waals surface area contributed by atoms with E-state index in [0.717, 1.165) is 0 Å². The summed E-state index contributed by atoms with van der Waals surface area (Å²) >= 11 is 3.29. The Morgan fingerprint density at radius 3 is 2.96 bits per heavy atom. The van der Waals surface area contributed by atoms with Crippen LogP contribution in [0.3, 0.4) is 0 Å². The highest BCUT2D eigenvalue weighted by Gasteiger charge is 2.36. The van der Waals surface area contributed by atoms with E-state index in [1.54, 1.807) is 23.6 Å². The predicted octanol–water partition coefficient (Wildman–Crippen LogP) is -0.560. The fourth-order valence-electron chi connectivity index (χ4n) is 2.51. The fourth-order valence-corrected chi connectivity index (χ4v) is 3.08. The van der Waals surface area contributed by atoms with Gasteiger partial charge >= 0.3 is 0 Å². The van der Waals surface area contributed by atoms with Crippen molar-refractivity contribution in [1.82, 2.24) is 24.4 Å². The molecule has 0 saturated carbocycles. The second-order valence-electron chi connectivity index (χ2n) is 5.77. The van der Waals surface area contributed by atoms with Crippen molar-refractivity contribution >= 4 is 39.4 Å². The number of halogens is 1. The average Bonchev–Trinajstić information content (AvgIpc) is 3.06. The first-order valence-electron chi connectivity index (χ1n) is 7.48. The van der Waals surface area contributed by atoms with Gasteiger partial charge in [-0.05, 0) is 15.9 Å². The summed E-state index contributed by atoms with van der Waals surface area (Å²) in [6.07, 6.45) is -0.369. The smallest absolute Gasteiger partial charge is 0.280 e. The molecule has 3 atom stereocenters. The van der Waals surface area contributed by atoms with E-state index in [1.165, 1.54) is 6.34 Å². The molecule has 11 nitrogen and oxygen atoms in total. The van der Waals surface area contributed by atoms with Crippen LogP contribution >= 0.6 is 15.9 Å². The number of aromatic nitrogens is 4. The summed E-state index contributed by atoms with van der Waals surface area (Å²) in [7, 11) is 3.61. The number of aliphatic hydroxyl groups excluding tert-OH is 2. The molecule has 1 fully saturated rings. The predicted molar refractivity (Wildman–Crippen MR) is 93.3 cm³/mol. The third-order valence-electron chi connectivity index (χ3n) is 3.64. The van der Waals surface area contributed by atoms with Gasteiger partial charge in [0, 0.05) is 20.5 Å². The lowest BCUT2D eigenvalue weighted by molar-refractivity contribution is -0.0439. The molecule has 3 heterocycles. The molecule has 3 rings (SSSR count). The van der Waals surface area contributed by atoms with Crippen LogP contribution in [0.4, 0.5) is 5.95 Å². The molecule has 136 valence electrons. The molecule has 4 N–H and O–H groups in total. The second kappa shape index (κ2) is 7.07. The molecular formula is C13H18BrN7O4. The lowest BCUT2D eigenvalue weighted by Crippen LogP contribution is -2.24. The van der Waals surface area contributed by atoms with Crippen molar-refractivity contribution in [2.45, 2.75) is 24.9 Å². The highest BCUT2D eigenvalue weighted by atomic mass is 79.9. The summed E-state index contributed by atoms with van der Waals surface area (Å²) in [5, 5.41) is 23.1. The maximum Gasteiger partial charge on any atom is 0.280 e. The van der Waals surface area contributed by atoms with Crippen LogP contribution in [0.5, 0.6) is 0 Å².